The van der Waals surface area contributed by atoms with Gasteiger partial charge in [-0.1, -0.05) is 28.4 Å². The van der Waals surface area contributed by atoms with Gasteiger partial charge in [-0.05, 0) is 28.7 Å². The molecule has 0 aliphatic carbocycles. The van der Waals surface area contributed by atoms with Gasteiger partial charge in [0, 0.05) is 12.1 Å². The molecule has 0 bridgehead atoms. The highest BCUT2D eigenvalue weighted by molar-refractivity contribution is 9.11. The topological polar surface area (TPSA) is 59.0 Å². The number of halogens is 1. The molecular formula is C17H18BrNO4. The number of ether oxygens (including phenoxy) is 2. The molecule has 5 nitrogen and oxygen atoms in total. The first-order valence-electron chi connectivity index (χ1n) is 7.03. The van der Waals surface area contributed by atoms with Crippen LogP contribution < -0.4 is 9.64 Å². The number of aliphatic hydroxyl groups is 1. The third-order valence-electron chi connectivity index (χ3n) is 3.61. The number of benzene rings is 1. The molecule has 122 valence electrons. The molecule has 1 fully saturated rings. The number of methoxy groups -OCH3 is 1. The van der Waals surface area contributed by atoms with E-state index in [-0.39, 0.29) is 12.5 Å². The molecule has 3 atom stereocenters. The molecule has 1 aromatic rings. The van der Waals surface area contributed by atoms with E-state index in [0.717, 1.165) is 0 Å². The van der Waals surface area contributed by atoms with Crippen molar-refractivity contribution in [3.63, 3.8) is 0 Å². The van der Waals surface area contributed by atoms with E-state index >= 15 is 0 Å². The summed E-state index contributed by atoms with van der Waals surface area (Å²) >= 11 is 3.23. The van der Waals surface area contributed by atoms with E-state index in [1.165, 1.54) is 4.90 Å². The molecule has 1 saturated heterocycles. The molecule has 0 saturated carbocycles. The first kappa shape index (κ1) is 17.5. The fourth-order valence-electron chi connectivity index (χ4n) is 2.55. The molecule has 1 aliphatic rings. The van der Waals surface area contributed by atoms with Crippen LogP contribution in [-0.2, 0) is 9.53 Å². The third-order valence-corrected chi connectivity index (χ3v) is 3.93. The molecule has 1 aliphatic heterocycles. The summed E-state index contributed by atoms with van der Waals surface area (Å²) in [5.41, 5.74) is 0.667. The summed E-state index contributed by atoms with van der Waals surface area (Å²) in [7, 11) is 1.57. The van der Waals surface area contributed by atoms with Crippen LogP contribution in [0.15, 0.2) is 35.3 Å². The summed E-state index contributed by atoms with van der Waals surface area (Å²) in [6, 6.07) is 6.52. The van der Waals surface area contributed by atoms with Gasteiger partial charge in [0.25, 0.3) is 5.91 Å². The Bertz CT molecular complexity index is 622. The molecular weight excluding hydrogens is 362 g/mol. The number of rotatable bonds is 7. The minimum Gasteiger partial charge on any atom is -0.497 e. The zero-order valence-corrected chi connectivity index (χ0v) is 14.3. The van der Waals surface area contributed by atoms with Gasteiger partial charge in [0.1, 0.15) is 12.4 Å². The molecule has 0 aromatic heterocycles. The van der Waals surface area contributed by atoms with Crippen molar-refractivity contribution >= 4 is 27.5 Å². The van der Waals surface area contributed by atoms with Gasteiger partial charge in [-0.2, -0.15) is 0 Å². The second kappa shape index (κ2) is 7.64. The molecule has 1 amide bonds. The zero-order chi connectivity index (χ0) is 17.0. The first-order chi connectivity index (χ1) is 11.0. The average Bonchev–Trinajstić information content (AvgIpc) is 2.52. The summed E-state index contributed by atoms with van der Waals surface area (Å²) in [6.07, 6.45) is 3.92. The lowest BCUT2D eigenvalue weighted by molar-refractivity contribution is -0.145. The number of β-lactam (4-membered cyclic amide) rings is 1. The Morgan fingerprint density at radius 3 is 2.70 bits per heavy atom. The number of amides is 1. The molecule has 1 aromatic carbocycles. The summed E-state index contributed by atoms with van der Waals surface area (Å²) in [5, 5.41) is 10.4. The Balaban J connectivity index is 2.23. The minimum atomic E-state index is -0.815. The monoisotopic (exact) mass is 379 g/mol. The van der Waals surface area contributed by atoms with Crippen molar-refractivity contribution in [2.75, 3.05) is 18.6 Å². The highest BCUT2D eigenvalue weighted by Gasteiger charge is 2.52. The SMILES string of the molecule is C#CCO[C@H]1C(=O)N(c2ccc(OC)cc2)[C@H]1[C@H](O)CC(=C)Br. The van der Waals surface area contributed by atoms with Crippen LogP contribution in [0, 0.1) is 12.3 Å². The Kier molecular flexibility index (Phi) is 5.83. The van der Waals surface area contributed by atoms with Crippen LogP contribution in [0.25, 0.3) is 0 Å². The predicted octanol–water partition coefficient (Wildman–Crippen LogP) is 2.09. The van der Waals surface area contributed by atoms with Gasteiger partial charge in [-0.15, -0.1) is 6.42 Å². The van der Waals surface area contributed by atoms with Gasteiger partial charge in [0.15, 0.2) is 6.10 Å². The number of anilines is 1. The Morgan fingerprint density at radius 2 is 2.17 bits per heavy atom. The standard InChI is InChI=1S/C17H18BrNO4/c1-4-9-23-16-15(14(20)10-11(2)18)19(17(16)21)12-5-7-13(22-3)8-6-12/h1,5-8,14-16,20H,2,9-10H2,3H3/t14-,15+,16-/m1/s1. The van der Waals surface area contributed by atoms with E-state index < -0.39 is 18.2 Å². The molecule has 1 heterocycles. The van der Waals surface area contributed by atoms with Gasteiger partial charge in [-0.25, -0.2) is 0 Å². The smallest absolute Gasteiger partial charge is 0.258 e. The normalized spacial score (nSPS) is 21.3. The van der Waals surface area contributed by atoms with E-state index in [2.05, 4.69) is 28.4 Å². The van der Waals surface area contributed by atoms with Crippen molar-refractivity contribution in [2.45, 2.75) is 24.7 Å². The Hall–Kier alpha value is -1.81. The molecule has 6 heteroatoms. The van der Waals surface area contributed by atoms with Crippen molar-refractivity contribution in [3.05, 3.63) is 35.3 Å². The number of hydrogen-bond acceptors (Lipinski definition) is 4. The molecule has 23 heavy (non-hydrogen) atoms. The fraction of sp³-hybridized carbons (Fsp3) is 0.353. The van der Waals surface area contributed by atoms with Gasteiger partial charge in [0.05, 0.1) is 19.3 Å². The Morgan fingerprint density at radius 1 is 1.52 bits per heavy atom. The van der Waals surface area contributed by atoms with Crippen molar-refractivity contribution in [1.82, 2.24) is 0 Å². The second-order valence-corrected chi connectivity index (χ2v) is 6.24. The van der Waals surface area contributed by atoms with E-state index in [4.69, 9.17) is 15.9 Å². The lowest BCUT2D eigenvalue weighted by atomic mass is 9.90. The van der Waals surface area contributed by atoms with E-state index in [0.29, 0.717) is 22.3 Å². The quantitative estimate of drug-likeness (QED) is 0.582. The summed E-state index contributed by atoms with van der Waals surface area (Å²) in [4.78, 5) is 13.9. The number of aliphatic hydroxyl groups excluding tert-OH is 1. The van der Waals surface area contributed by atoms with Crippen LogP contribution in [0.5, 0.6) is 5.75 Å². The van der Waals surface area contributed by atoms with E-state index in [1.807, 2.05) is 0 Å². The largest absolute Gasteiger partial charge is 0.497 e. The molecule has 0 spiro atoms. The number of carbonyl (C=O) groups excluding carboxylic acids is 1. The fourth-order valence-corrected chi connectivity index (χ4v) is 2.89. The summed E-state index contributed by atoms with van der Waals surface area (Å²) in [5.74, 6) is 2.80. The number of terminal acetylenes is 1. The highest BCUT2D eigenvalue weighted by Crippen LogP contribution is 2.34. The number of nitrogens with zero attached hydrogens (tertiary/aromatic N) is 1. The lowest BCUT2D eigenvalue weighted by Crippen LogP contribution is -2.70. The van der Waals surface area contributed by atoms with Crippen molar-refractivity contribution in [3.8, 4) is 18.1 Å². The van der Waals surface area contributed by atoms with Crippen molar-refractivity contribution in [1.29, 1.82) is 0 Å². The molecule has 1 N–H and O–H groups in total. The number of carbonyl (C=O) groups is 1. The third kappa shape index (κ3) is 3.75. The summed E-state index contributed by atoms with van der Waals surface area (Å²) < 4.78 is 11.2. The maximum Gasteiger partial charge on any atom is 0.258 e. The second-order valence-electron chi connectivity index (χ2n) is 5.12. The Labute approximate surface area is 144 Å². The number of hydrogen-bond donors (Lipinski definition) is 1. The van der Waals surface area contributed by atoms with Crippen LogP contribution in [0.4, 0.5) is 5.69 Å². The molecule has 0 unspecified atom stereocenters. The van der Waals surface area contributed by atoms with Gasteiger partial charge in [-0.3, -0.25) is 4.79 Å². The highest BCUT2D eigenvalue weighted by atomic mass is 79.9. The average molecular weight is 380 g/mol. The molecule has 2 rings (SSSR count). The van der Waals surface area contributed by atoms with E-state index in [9.17, 15) is 9.90 Å². The zero-order valence-electron chi connectivity index (χ0n) is 12.7. The van der Waals surface area contributed by atoms with Crippen LogP contribution >= 0.6 is 15.9 Å². The summed E-state index contributed by atoms with van der Waals surface area (Å²) in [6.45, 7) is 3.75. The first-order valence-corrected chi connectivity index (χ1v) is 7.82. The minimum absolute atomic E-state index is 0.0192. The van der Waals surface area contributed by atoms with Crippen LogP contribution in [0.1, 0.15) is 6.42 Å². The van der Waals surface area contributed by atoms with Crippen LogP contribution in [0.2, 0.25) is 0 Å². The van der Waals surface area contributed by atoms with Crippen molar-refractivity contribution < 1.29 is 19.4 Å². The maximum absolute atomic E-state index is 12.4. The van der Waals surface area contributed by atoms with Crippen LogP contribution in [0.3, 0.4) is 0 Å². The van der Waals surface area contributed by atoms with E-state index in [1.54, 1.807) is 31.4 Å². The van der Waals surface area contributed by atoms with Gasteiger partial charge < -0.3 is 19.5 Å². The molecule has 0 radical (unpaired) electrons. The van der Waals surface area contributed by atoms with Gasteiger partial charge in [0.2, 0.25) is 0 Å². The lowest BCUT2D eigenvalue weighted by Gasteiger charge is -2.48. The maximum atomic E-state index is 12.4. The van der Waals surface area contributed by atoms with Crippen LogP contribution in [-0.4, -0.2) is 43.0 Å². The van der Waals surface area contributed by atoms with Crippen molar-refractivity contribution in [2.24, 2.45) is 0 Å². The van der Waals surface area contributed by atoms with Gasteiger partial charge >= 0.3 is 0 Å². The predicted molar refractivity (Wildman–Crippen MR) is 91.5 cm³/mol.